The molecule has 0 bridgehead atoms. The van der Waals surface area contributed by atoms with E-state index in [0.29, 0.717) is 23.9 Å². The van der Waals surface area contributed by atoms with Gasteiger partial charge in [0.2, 0.25) is 5.91 Å². The first-order chi connectivity index (χ1) is 13.1. The number of benzene rings is 1. The largest absolute Gasteiger partial charge is 0.354 e. The third-order valence-corrected chi connectivity index (χ3v) is 4.26. The van der Waals surface area contributed by atoms with Crippen molar-refractivity contribution in [3.63, 3.8) is 0 Å². The molecule has 1 aromatic carbocycles. The van der Waals surface area contributed by atoms with E-state index in [0.717, 1.165) is 11.5 Å². The second-order valence-electron chi connectivity index (χ2n) is 6.01. The highest BCUT2D eigenvalue weighted by Gasteiger charge is 2.11. The second kappa shape index (κ2) is 6.87. The van der Waals surface area contributed by atoms with E-state index in [1.54, 1.807) is 24.3 Å². The molecule has 9 nitrogen and oxygen atoms in total. The minimum atomic E-state index is -0.614. The van der Waals surface area contributed by atoms with Crippen molar-refractivity contribution in [3.05, 3.63) is 75.3 Å². The summed E-state index contributed by atoms with van der Waals surface area (Å²) in [7, 11) is 0. The molecule has 9 heteroatoms. The van der Waals surface area contributed by atoms with Crippen LogP contribution in [0.1, 0.15) is 5.82 Å². The van der Waals surface area contributed by atoms with E-state index in [4.69, 9.17) is 0 Å². The van der Waals surface area contributed by atoms with Gasteiger partial charge in [-0.25, -0.2) is 4.79 Å². The number of hydrogen-bond acceptors (Lipinski definition) is 5. The number of rotatable bonds is 5. The molecule has 0 radical (unpaired) electrons. The molecule has 1 amide bonds. The summed E-state index contributed by atoms with van der Waals surface area (Å²) in [6.07, 6.45) is 2.36. The predicted molar refractivity (Wildman–Crippen MR) is 98.5 cm³/mol. The average Bonchev–Trinajstić information content (AvgIpc) is 3.08. The minimum absolute atomic E-state index is 0.184. The molecular weight excluding hydrogens is 348 g/mol. The number of carbonyl (C=O) groups excluding carboxylic acids is 1. The fourth-order valence-electron chi connectivity index (χ4n) is 2.97. The predicted octanol–water partition coefficient (Wildman–Crippen LogP) is 0.0914. The molecule has 27 heavy (non-hydrogen) atoms. The Kier molecular flexibility index (Phi) is 4.25. The summed E-state index contributed by atoms with van der Waals surface area (Å²) in [6.45, 7) is 0.168. The zero-order chi connectivity index (χ0) is 18.8. The molecule has 0 saturated heterocycles. The lowest BCUT2D eigenvalue weighted by Crippen LogP contribution is -2.37. The molecule has 0 spiro atoms. The lowest BCUT2D eigenvalue weighted by molar-refractivity contribution is -0.121. The van der Waals surface area contributed by atoms with Gasteiger partial charge in [0.15, 0.2) is 5.65 Å². The first-order valence-corrected chi connectivity index (χ1v) is 8.41. The first-order valence-electron chi connectivity index (χ1n) is 8.41. The van der Waals surface area contributed by atoms with Crippen molar-refractivity contribution in [1.29, 1.82) is 0 Å². The molecule has 2 N–H and O–H groups in total. The summed E-state index contributed by atoms with van der Waals surface area (Å²) >= 11 is 0. The zero-order valence-electron chi connectivity index (χ0n) is 14.3. The zero-order valence-corrected chi connectivity index (χ0v) is 14.3. The summed E-state index contributed by atoms with van der Waals surface area (Å²) in [6, 6.07) is 12.3. The van der Waals surface area contributed by atoms with Crippen LogP contribution < -0.4 is 16.6 Å². The minimum Gasteiger partial charge on any atom is -0.354 e. The number of amides is 1. The maximum Gasteiger partial charge on any atom is 0.329 e. The number of para-hydroxylation sites is 1. The number of aromatic amines is 1. The number of nitrogens with one attached hydrogen (secondary N) is 2. The molecular formula is C18H16N6O3. The molecule has 3 heterocycles. The van der Waals surface area contributed by atoms with Crippen molar-refractivity contribution < 1.29 is 4.79 Å². The summed E-state index contributed by atoms with van der Waals surface area (Å²) < 4.78 is 3.10. The van der Waals surface area contributed by atoms with Crippen molar-refractivity contribution in [2.45, 2.75) is 13.0 Å². The fourth-order valence-corrected chi connectivity index (χ4v) is 2.97. The van der Waals surface area contributed by atoms with Crippen LogP contribution in [0.3, 0.4) is 0 Å². The number of carbonyl (C=O) groups is 1. The molecule has 0 aliphatic rings. The van der Waals surface area contributed by atoms with E-state index in [9.17, 15) is 14.4 Å². The van der Waals surface area contributed by atoms with Crippen LogP contribution in [0.5, 0.6) is 0 Å². The summed E-state index contributed by atoms with van der Waals surface area (Å²) in [5.74, 6) is 0.403. The number of pyridine rings is 1. The van der Waals surface area contributed by atoms with E-state index in [1.165, 1.54) is 4.57 Å². The maximum atomic E-state index is 12.3. The van der Waals surface area contributed by atoms with Gasteiger partial charge in [0.05, 0.1) is 10.9 Å². The van der Waals surface area contributed by atoms with Gasteiger partial charge in [-0.3, -0.25) is 23.5 Å². The number of aromatic nitrogens is 5. The van der Waals surface area contributed by atoms with Crippen LogP contribution in [0.2, 0.25) is 0 Å². The first kappa shape index (κ1) is 16.7. The van der Waals surface area contributed by atoms with Crippen LogP contribution in [0.4, 0.5) is 0 Å². The van der Waals surface area contributed by atoms with E-state index >= 15 is 0 Å². The Balaban J connectivity index is 1.47. The van der Waals surface area contributed by atoms with Crippen molar-refractivity contribution >= 4 is 22.5 Å². The van der Waals surface area contributed by atoms with Gasteiger partial charge in [-0.2, -0.15) is 0 Å². The highest BCUT2D eigenvalue weighted by Crippen LogP contribution is 2.06. The molecule has 0 aliphatic heterocycles. The number of nitrogens with zero attached hydrogens (tertiary/aromatic N) is 4. The van der Waals surface area contributed by atoms with Gasteiger partial charge in [-0.05, 0) is 24.3 Å². The standard InChI is InChI=1S/C18H16N6O3/c25-16(19-9-8-15-22-21-14-7-3-4-10-23(14)15)11-24-13-6-2-1-5-12(13)17(26)20-18(24)27/h1-7,10H,8-9,11H2,(H,19,25)(H,20,26,27). The molecule has 4 rings (SSSR count). The van der Waals surface area contributed by atoms with E-state index in [1.807, 2.05) is 28.8 Å². The van der Waals surface area contributed by atoms with Crippen LogP contribution in [0, 0.1) is 0 Å². The van der Waals surface area contributed by atoms with Gasteiger partial charge in [-0.15, -0.1) is 10.2 Å². The second-order valence-corrected chi connectivity index (χ2v) is 6.01. The summed E-state index contributed by atoms with van der Waals surface area (Å²) in [5, 5.41) is 11.3. The van der Waals surface area contributed by atoms with Crippen molar-refractivity contribution in [1.82, 2.24) is 29.5 Å². The molecule has 4 aromatic rings. The van der Waals surface area contributed by atoms with Gasteiger partial charge in [0.25, 0.3) is 5.56 Å². The quantitative estimate of drug-likeness (QED) is 0.521. The van der Waals surface area contributed by atoms with Crippen LogP contribution in [-0.4, -0.2) is 36.6 Å². The van der Waals surface area contributed by atoms with E-state index in [-0.39, 0.29) is 12.5 Å². The van der Waals surface area contributed by atoms with Crippen molar-refractivity contribution in [3.8, 4) is 0 Å². The normalized spacial score (nSPS) is 11.1. The van der Waals surface area contributed by atoms with E-state index < -0.39 is 11.2 Å². The summed E-state index contributed by atoms with van der Waals surface area (Å²) in [5.41, 5.74) is 0.0817. The van der Waals surface area contributed by atoms with Gasteiger partial charge in [0, 0.05) is 19.2 Å². The SMILES string of the molecule is O=C(Cn1c(=O)[nH]c(=O)c2ccccc21)NCCc1nnc2ccccn12. The smallest absolute Gasteiger partial charge is 0.329 e. The Morgan fingerprint density at radius 2 is 1.89 bits per heavy atom. The van der Waals surface area contributed by atoms with Gasteiger partial charge in [0.1, 0.15) is 12.4 Å². The molecule has 0 unspecified atom stereocenters. The Morgan fingerprint density at radius 3 is 2.78 bits per heavy atom. The Hall–Kier alpha value is -3.75. The lowest BCUT2D eigenvalue weighted by atomic mass is 10.2. The molecule has 0 fully saturated rings. The van der Waals surface area contributed by atoms with Gasteiger partial charge < -0.3 is 5.32 Å². The van der Waals surface area contributed by atoms with Crippen LogP contribution in [-0.2, 0) is 17.8 Å². The van der Waals surface area contributed by atoms with Gasteiger partial charge >= 0.3 is 5.69 Å². The number of hydrogen-bond donors (Lipinski definition) is 2. The molecule has 136 valence electrons. The van der Waals surface area contributed by atoms with E-state index in [2.05, 4.69) is 20.5 Å². The third-order valence-electron chi connectivity index (χ3n) is 4.26. The average molecular weight is 364 g/mol. The van der Waals surface area contributed by atoms with Crippen LogP contribution in [0.25, 0.3) is 16.6 Å². The molecule has 0 atom stereocenters. The monoisotopic (exact) mass is 364 g/mol. The molecule has 0 aliphatic carbocycles. The number of fused-ring (bicyclic) bond motifs is 2. The fraction of sp³-hybridized carbons (Fsp3) is 0.167. The van der Waals surface area contributed by atoms with Crippen LogP contribution >= 0.6 is 0 Å². The van der Waals surface area contributed by atoms with Gasteiger partial charge in [-0.1, -0.05) is 18.2 Å². The van der Waals surface area contributed by atoms with Crippen molar-refractivity contribution in [2.24, 2.45) is 0 Å². The Labute approximate surface area is 152 Å². The highest BCUT2D eigenvalue weighted by molar-refractivity contribution is 5.81. The maximum absolute atomic E-state index is 12.3. The Morgan fingerprint density at radius 1 is 1.07 bits per heavy atom. The molecule has 0 saturated carbocycles. The topological polar surface area (TPSA) is 114 Å². The summed E-state index contributed by atoms with van der Waals surface area (Å²) in [4.78, 5) is 38.5. The highest BCUT2D eigenvalue weighted by atomic mass is 16.2. The Bertz CT molecular complexity index is 1250. The van der Waals surface area contributed by atoms with Crippen molar-refractivity contribution in [2.75, 3.05) is 6.54 Å². The lowest BCUT2D eigenvalue weighted by Gasteiger charge is -2.09. The molecule has 3 aromatic heterocycles. The van der Waals surface area contributed by atoms with Crippen LogP contribution in [0.15, 0.2) is 58.3 Å². The number of H-pyrrole nitrogens is 1. The third kappa shape index (κ3) is 3.22.